The van der Waals surface area contributed by atoms with Gasteiger partial charge < -0.3 is 9.84 Å². The molecular weight excluding hydrogens is 261 g/mol. The van der Waals surface area contributed by atoms with E-state index in [0.717, 1.165) is 0 Å². The van der Waals surface area contributed by atoms with Crippen LogP contribution in [0.4, 0.5) is 0 Å². The maximum absolute atomic E-state index is 10.1. The Balaban J connectivity index is 2.72. The number of aliphatic carboxylic acids is 1. The molecule has 4 nitrogen and oxygen atoms in total. The Bertz CT molecular complexity index is 332. The number of halogens is 2. The molecule has 0 amide bonds. The first-order chi connectivity index (χ1) is 6.09. The zero-order chi connectivity index (χ0) is 9.84. The summed E-state index contributed by atoms with van der Waals surface area (Å²) in [5, 5.41) is 8.59. The van der Waals surface area contributed by atoms with Crippen molar-refractivity contribution >= 4 is 33.5 Å². The van der Waals surface area contributed by atoms with Crippen molar-refractivity contribution in [3.8, 4) is 5.88 Å². The molecule has 0 unspecified atom stereocenters. The number of pyridine rings is 1. The summed E-state index contributed by atoms with van der Waals surface area (Å²) in [5.74, 6) is -0.951. The van der Waals surface area contributed by atoms with Gasteiger partial charge in [0.15, 0.2) is 6.61 Å². The lowest BCUT2D eigenvalue weighted by Crippen LogP contribution is -2.10. The third-order valence-electron chi connectivity index (χ3n) is 1.11. The van der Waals surface area contributed by atoms with Crippen LogP contribution in [0.15, 0.2) is 16.7 Å². The van der Waals surface area contributed by atoms with Gasteiger partial charge in [0.05, 0.1) is 0 Å². The molecule has 1 N–H and O–H groups in total. The number of hydrogen-bond acceptors (Lipinski definition) is 3. The van der Waals surface area contributed by atoms with E-state index in [9.17, 15) is 4.79 Å². The second kappa shape index (κ2) is 4.43. The average Bonchev–Trinajstić information content (AvgIpc) is 2.02. The molecule has 0 fully saturated rings. The van der Waals surface area contributed by atoms with Crippen LogP contribution in [0.3, 0.4) is 0 Å². The van der Waals surface area contributed by atoms with E-state index in [1.165, 1.54) is 6.20 Å². The van der Waals surface area contributed by atoms with Crippen molar-refractivity contribution in [3.05, 3.63) is 21.8 Å². The Morgan fingerprint density at radius 2 is 2.46 bits per heavy atom. The van der Waals surface area contributed by atoms with Crippen LogP contribution in [-0.4, -0.2) is 22.7 Å². The molecule has 1 heterocycles. The molecule has 6 heteroatoms. The molecule has 1 aromatic rings. The van der Waals surface area contributed by atoms with E-state index in [-0.39, 0.29) is 10.9 Å². The first kappa shape index (κ1) is 10.3. The van der Waals surface area contributed by atoms with Crippen molar-refractivity contribution < 1.29 is 14.6 Å². The van der Waals surface area contributed by atoms with Crippen LogP contribution in [0.25, 0.3) is 0 Å². The van der Waals surface area contributed by atoms with Crippen LogP contribution in [0, 0.1) is 0 Å². The van der Waals surface area contributed by atoms with Gasteiger partial charge in [-0.05, 0) is 22.0 Å². The number of aromatic nitrogens is 1. The zero-order valence-electron chi connectivity index (χ0n) is 6.33. The summed E-state index contributed by atoms with van der Waals surface area (Å²) in [6, 6.07) is 1.58. The summed E-state index contributed by atoms with van der Waals surface area (Å²) >= 11 is 8.86. The first-order valence-electron chi connectivity index (χ1n) is 3.25. The number of ether oxygens (including phenoxy) is 1. The fourth-order valence-corrected chi connectivity index (χ4v) is 1.32. The summed E-state index contributed by atoms with van der Waals surface area (Å²) in [6.45, 7) is -0.450. The Morgan fingerprint density at radius 3 is 3.00 bits per heavy atom. The molecule has 0 spiro atoms. The summed E-state index contributed by atoms with van der Waals surface area (Å²) in [7, 11) is 0. The van der Waals surface area contributed by atoms with Gasteiger partial charge in [0.1, 0.15) is 5.02 Å². The van der Waals surface area contributed by atoms with Crippen molar-refractivity contribution in [2.75, 3.05) is 6.61 Å². The number of carboxylic acids is 1. The second-order valence-electron chi connectivity index (χ2n) is 2.12. The molecule has 0 aliphatic carbocycles. The van der Waals surface area contributed by atoms with Gasteiger partial charge >= 0.3 is 5.97 Å². The minimum atomic E-state index is -1.07. The van der Waals surface area contributed by atoms with Gasteiger partial charge in [-0.1, -0.05) is 11.6 Å². The Hall–Kier alpha value is -0.810. The topological polar surface area (TPSA) is 59.4 Å². The largest absolute Gasteiger partial charge is 0.479 e. The molecule has 0 saturated carbocycles. The quantitative estimate of drug-likeness (QED) is 0.908. The SMILES string of the molecule is O=C(O)COc1ncc(Br)cc1Cl. The number of hydrogen-bond donors (Lipinski definition) is 1. The molecule has 0 bridgehead atoms. The number of nitrogens with zero attached hydrogens (tertiary/aromatic N) is 1. The average molecular weight is 266 g/mol. The van der Waals surface area contributed by atoms with E-state index < -0.39 is 12.6 Å². The zero-order valence-corrected chi connectivity index (χ0v) is 8.67. The van der Waals surface area contributed by atoms with E-state index in [1.807, 2.05) is 0 Å². The molecule has 1 aromatic heterocycles. The number of carbonyl (C=O) groups is 1. The van der Waals surface area contributed by atoms with Gasteiger partial charge in [-0.2, -0.15) is 0 Å². The predicted molar refractivity (Wildman–Crippen MR) is 50.1 cm³/mol. The first-order valence-corrected chi connectivity index (χ1v) is 4.42. The molecule has 0 saturated heterocycles. The Kier molecular flexibility index (Phi) is 3.50. The fourth-order valence-electron chi connectivity index (χ4n) is 0.638. The highest BCUT2D eigenvalue weighted by Gasteiger charge is 2.05. The van der Waals surface area contributed by atoms with E-state index in [2.05, 4.69) is 20.9 Å². The monoisotopic (exact) mass is 265 g/mol. The van der Waals surface area contributed by atoms with Crippen LogP contribution < -0.4 is 4.74 Å². The lowest BCUT2D eigenvalue weighted by Gasteiger charge is -2.03. The van der Waals surface area contributed by atoms with Crippen LogP contribution >= 0.6 is 27.5 Å². The van der Waals surface area contributed by atoms with E-state index in [1.54, 1.807) is 6.07 Å². The highest BCUT2D eigenvalue weighted by atomic mass is 79.9. The maximum Gasteiger partial charge on any atom is 0.341 e. The molecule has 0 radical (unpaired) electrons. The van der Waals surface area contributed by atoms with Crippen molar-refractivity contribution in [1.29, 1.82) is 0 Å². The highest BCUT2D eigenvalue weighted by molar-refractivity contribution is 9.10. The third-order valence-corrected chi connectivity index (χ3v) is 1.81. The minimum absolute atomic E-state index is 0.118. The van der Waals surface area contributed by atoms with Gasteiger partial charge in [-0.15, -0.1) is 0 Å². The molecule has 0 atom stereocenters. The van der Waals surface area contributed by atoms with Crippen LogP contribution in [0.2, 0.25) is 5.02 Å². The van der Waals surface area contributed by atoms with Crippen LogP contribution in [0.5, 0.6) is 5.88 Å². The van der Waals surface area contributed by atoms with E-state index in [4.69, 9.17) is 21.4 Å². The van der Waals surface area contributed by atoms with Gasteiger partial charge in [-0.25, -0.2) is 9.78 Å². The predicted octanol–water partition coefficient (Wildman–Crippen LogP) is 1.96. The van der Waals surface area contributed by atoms with Gasteiger partial charge in [-0.3, -0.25) is 0 Å². The van der Waals surface area contributed by atoms with Gasteiger partial charge in [0.2, 0.25) is 5.88 Å². The van der Waals surface area contributed by atoms with Crippen molar-refractivity contribution in [2.24, 2.45) is 0 Å². The van der Waals surface area contributed by atoms with Gasteiger partial charge in [0, 0.05) is 10.7 Å². The molecule has 70 valence electrons. The Labute approximate surface area is 87.6 Å². The second-order valence-corrected chi connectivity index (χ2v) is 3.45. The summed E-state index contributed by atoms with van der Waals surface area (Å²) < 4.78 is 5.50. The van der Waals surface area contributed by atoms with E-state index in [0.29, 0.717) is 4.47 Å². The maximum atomic E-state index is 10.1. The van der Waals surface area contributed by atoms with Crippen LogP contribution in [0.1, 0.15) is 0 Å². The van der Waals surface area contributed by atoms with Crippen molar-refractivity contribution in [2.45, 2.75) is 0 Å². The molecule has 0 aliphatic heterocycles. The van der Waals surface area contributed by atoms with Gasteiger partial charge in [0.25, 0.3) is 0 Å². The number of carboxylic acid groups (broad SMARTS) is 1. The summed E-state index contributed by atoms with van der Waals surface area (Å²) in [4.78, 5) is 13.9. The van der Waals surface area contributed by atoms with E-state index >= 15 is 0 Å². The molecule has 0 aromatic carbocycles. The highest BCUT2D eigenvalue weighted by Crippen LogP contribution is 2.24. The number of rotatable bonds is 3. The van der Waals surface area contributed by atoms with Crippen molar-refractivity contribution in [1.82, 2.24) is 4.98 Å². The lowest BCUT2D eigenvalue weighted by atomic mass is 10.5. The molecular formula is C7H5BrClNO3. The summed E-state index contributed by atoms with van der Waals surface area (Å²) in [6.07, 6.45) is 1.48. The standard InChI is InChI=1S/C7H5BrClNO3/c8-4-1-5(9)7(10-2-4)13-3-6(11)12/h1-2H,3H2,(H,11,12). The Morgan fingerprint density at radius 1 is 1.77 bits per heavy atom. The fraction of sp³-hybridized carbons (Fsp3) is 0.143. The smallest absolute Gasteiger partial charge is 0.341 e. The minimum Gasteiger partial charge on any atom is -0.479 e. The normalized spacial score (nSPS) is 9.69. The molecule has 0 aliphatic rings. The van der Waals surface area contributed by atoms with Crippen LogP contribution in [-0.2, 0) is 4.79 Å². The van der Waals surface area contributed by atoms with Crippen molar-refractivity contribution in [3.63, 3.8) is 0 Å². The molecule has 1 rings (SSSR count). The molecule has 13 heavy (non-hydrogen) atoms. The lowest BCUT2D eigenvalue weighted by molar-refractivity contribution is -0.139. The third kappa shape index (κ3) is 3.20. The summed E-state index contributed by atoms with van der Waals surface area (Å²) in [5.41, 5.74) is 0.